The summed E-state index contributed by atoms with van der Waals surface area (Å²) in [5.74, 6) is 1.36. The lowest BCUT2D eigenvalue weighted by Gasteiger charge is -2.25. The molecular weight excluding hydrogens is 160 g/mol. The Labute approximate surface area is 83.9 Å². The number of rotatable bonds is 1. The summed E-state index contributed by atoms with van der Waals surface area (Å²) >= 11 is 0. The van der Waals surface area contributed by atoms with Crippen LogP contribution in [0.5, 0.6) is 0 Å². The van der Waals surface area contributed by atoms with Gasteiger partial charge in [-0.15, -0.1) is 0 Å². The third kappa shape index (κ3) is 2.98. The summed E-state index contributed by atoms with van der Waals surface area (Å²) in [7, 11) is 0. The van der Waals surface area contributed by atoms with Gasteiger partial charge >= 0.3 is 0 Å². The van der Waals surface area contributed by atoms with Crippen LogP contribution in [0.4, 0.5) is 0 Å². The van der Waals surface area contributed by atoms with Gasteiger partial charge in [0.25, 0.3) is 0 Å². The summed E-state index contributed by atoms with van der Waals surface area (Å²) in [6, 6.07) is 0. The zero-order valence-corrected chi connectivity index (χ0v) is 10.3. The Hall–Kier alpha value is -0.0400. The molecule has 1 fully saturated rings. The third-order valence-corrected chi connectivity index (χ3v) is 3.03. The minimum atomic E-state index is 0.384. The fourth-order valence-corrected chi connectivity index (χ4v) is 1.80. The van der Waals surface area contributed by atoms with Gasteiger partial charge in [-0.05, 0) is 17.3 Å². The van der Waals surface area contributed by atoms with Gasteiger partial charge in [-0.1, -0.05) is 48.5 Å². The van der Waals surface area contributed by atoms with E-state index < -0.39 is 0 Å². The van der Waals surface area contributed by atoms with Crippen LogP contribution in [-0.4, -0.2) is 12.7 Å². The van der Waals surface area contributed by atoms with E-state index in [2.05, 4.69) is 34.6 Å². The largest absolute Gasteiger partial charge is 0.377 e. The van der Waals surface area contributed by atoms with E-state index in [0.29, 0.717) is 23.4 Å². The van der Waals surface area contributed by atoms with E-state index in [1.165, 1.54) is 0 Å². The van der Waals surface area contributed by atoms with Gasteiger partial charge in [0.05, 0.1) is 12.7 Å². The molecule has 0 aromatic carbocycles. The van der Waals surface area contributed by atoms with E-state index in [0.717, 1.165) is 6.61 Å². The molecule has 0 N–H and O–H groups in total. The van der Waals surface area contributed by atoms with Crippen molar-refractivity contribution >= 4 is 0 Å². The molecule has 0 aromatic rings. The molecule has 0 bridgehead atoms. The Kier molecular flexibility index (Phi) is 4.98. The highest BCUT2D eigenvalue weighted by Gasteiger charge is 2.40. The first-order valence-corrected chi connectivity index (χ1v) is 5.57. The molecule has 1 heteroatoms. The molecule has 0 unspecified atom stereocenters. The van der Waals surface area contributed by atoms with Gasteiger partial charge in [-0.2, -0.15) is 0 Å². The molecule has 1 heterocycles. The number of ether oxygens (including phenoxy) is 1. The van der Waals surface area contributed by atoms with Gasteiger partial charge in [0, 0.05) is 0 Å². The SMILES string of the molecule is CC.CC(C)[C@H]1OCC(C)(C)[C@H]1C. The Morgan fingerprint density at radius 1 is 1.23 bits per heavy atom. The van der Waals surface area contributed by atoms with Crippen molar-refractivity contribution in [1.82, 2.24) is 0 Å². The van der Waals surface area contributed by atoms with E-state index in [1.54, 1.807) is 0 Å². The van der Waals surface area contributed by atoms with Crippen LogP contribution in [0.1, 0.15) is 48.5 Å². The van der Waals surface area contributed by atoms with Crippen LogP contribution in [0.3, 0.4) is 0 Å². The molecule has 0 saturated carbocycles. The lowest BCUT2D eigenvalue weighted by molar-refractivity contribution is 0.0568. The van der Waals surface area contributed by atoms with Gasteiger partial charge in [0.15, 0.2) is 0 Å². The lowest BCUT2D eigenvalue weighted by Crippen LogP contribution is -2.26. The normalized spacial score (nSPS) is 31.4. The molecular formula is C12H26O. The van der Waals surface area contributed by atoms with E-state index in [1.807, 2.05) is 13.8 Å². The Morgan fingerprint density at radius 2 is 1.69 bits per heavy atom. The maximum atomic E-state index is 5.74. The summed E-state index contributed by atoms with van der Waals surface area (Å²) < 4.78 is 5.74. The summed E-state index contributed by atoms with van der Waals surface area (Å²) in [4.78, 5) is 0. The quantitative estimate of drug-likeness (QED) is 0.606. The second-order valence-corrected chi connectivity index (χ2v) is 4.80. The molecule has 80 valence electrons. The van der Waals surface area contributed by atoms with Crippen molar-refractivity contribution in [3.63, 3.8) is 0 Å². The molecule has 0 aliphatic carbocycles. The maximum Gasteiger partial charge on any atom is 0.0629 e. The third-order valence-electron chi connectivity index (χ3n) is 3.03. The average molecular weight is 186 g/mol. The fourth-order valence-electron chi connectivity index (χ4n) is 1.80. The van der Waals surface area contributed by atoms with E-state index in [4.69, 9.17) is 4.74 Å². The van der Waals surface area contributed by atoms with Crippen molar-refractivity contribution < 1.29 is 4.74 Å². The van der Waals surface area contributed by atoms with Crippen LogP contribution in [0.15, 0.2) is 0 Å². The molecule has 0 spiro atoms. The number of hydrogen-bond donors (Lipinski definition) is 0. The van der Waals surface area contributed by atoms with Gasteiger partial charge < -0.3 is 4.74 Å². The first kappa shape index (κ1) is 13.0. The van der Waals surface area contributed by atoms with Crippen LogP contribution in [0, 0.1) is 17.3 Å². The van der Waals surface area contributed by atoms with Crippen molar-refractivity contribution in [1.29, 1.82) is 0 Å². The van der Waals surface area contributed by atoms with Crippen LogP contribution in [0.2, 0.25) is 0 Å². The Morgan fingerprint density at radius 3 is 1.85 bits per heavy atom. The van der Waals surface area contributed by atoms with Crippen LogP contribution in [-0.2, 0) is 4.74 Å². The maximum absolute atomic E-state index is 5.74. The van der Waals surface area contributed by atoms with E-state index >= 15 is 0 Å². The monoisotopic (exact) mass is 186 g/mol. The molecule has 1 nitrogen and oxygen atoms in total. The van der Waals surface area contributed by atoms with Gasteiger partial charge in [0.1, 0.15) is 0 Å². The molecule has 1 aliphatic heterocycles. The van der Waals surface area contributed by atoms with Gasteiger partial charge in [-0.3, -0.25) is 0 Å². The van der Waals surface area contributed by atoms with Crippen molar-refractivity contribution in [2.24, 2.45) is 17.3 Å². The highest BCUT2D eigenvalue weighted by atomic mass is 16.5. The first-order chi connectivity index (χ1) is 5.95. The van der Waals surface area contributed by atoms with Crippen molar-refractivity contribution in [2.75, 3.05) is 6.61 Å². The van der Waals surface area contributed by atoms with Crippen LogP contribution < -0.4 is 0 Å². The molecule has 0 aromatic heterocycles. The second-order valence-electron chi connectivity index (χ2n) is 4.80. The highest BCUT2D eigenvalue weighted by Crippen LogP contribution is 2.40. The topological polar surface area (TPSA) is 9.23 Å². The Bertz CT molecular complexity index is 138. The molecule has 1 aliphatic rings. The molecule has 0 amide bonds. The predicted molar refractivity (Wildman–Crippen MR) is 58.9 cm³/mol. The Balaban J connectivity index is 0.000000671. The molecule has 13 heavy (non-hydrogen) atoms. The summed E-state index contributed by atoms with van der Waals surface area (Å²) in [6.07, 6.45) is 0.477. The minimum absolute atomic E-state index is 0.384. The van der Waals surface area contributed by atoms with E-state index in [9.17, 15) is 0 Å². The second kappa shape index (κ2) is 4.99. The standard InChI is InChI=1S/C10H20O.C2H6/c1-7(2)9-8(3)10(4,5)6-11-9;1-2/h7-9H,6H2,1-5H3;1-2H3/t8-,9+;/m0./s1. The lowest BCUT2D eigenvalue weighted by atomic mass is 9.77. The predicted octanol–water partition coefficient (Wildman–Crippen LogP) is 3.73. The summed E-state index contributed by atoms with van der Waals surface area (Å²) in [5.41, 5.74) is 0.384. The van der Waals surface area contributed by atoms with Crippen LogP contribution >= 0.6 is 0 Å². The van der Waals surface area contributed by atoms with E-state index in [-0.39, 0.29) is 0 Å². The first-order valence-electron chi connectivity index (χ1n) is 5.57. The zero-order chi connectivity index (χ0) is 10.6. The minimum Gasteiger partial charge on any atom is -0.377 e. The van der Waals surface area contributed by atoms with Gasteiger partial charge in [-0.25, -0.2) is 0 Å². The average Bonchev–Trinajstić information content (AvgIpc) is 2.32. The van der Waals surface area contributed by atoms with Crippen LogP contribution in [0.25, 0.3) is 0 Å². The number of hydrogen-bond acceptors (Lipinski definition) is 1. The van der Waals surface area contributed by atoms with Crippen molar-refractivity contribution in [2.45, 2.75) is 54.6 Å². The van der Waals surface area contributed by atoms with Crippen molar-refractivity contribution in [3.05, 3.63) is 0 Å². The summed E-state index contributed by atoms with van der Waals surface area (Å²) in [5, 5.41) is 0. The van der Waals surface area contributed by atoms with Crippen molar-refractivity contribution in [3.8, 4) is 0 Å². The molecule has 1 saturated heterocycles. The summed E-state index contributed by atoms with van der Waals surface area (Å²) in [6.45, 7) is 16.3. The highest BCUT2D eigenvalue weighted by molar-refractivity contribution is 4.88. The fraction of sp³-hybridized carbons (Fsp3) is 1.00. The molecule has 0 radical (unpaired) electrons. The molecule has 2 atom stereocenters. The van der Waals surface area contributed by atoms with Gasteiger partial charge in [0.2, 0.25) is 0 Å². The molecule has 1 rings (SSSR count). The smallest absolute Gasteiger partial charge is 0.0629 e. The zero-order valence-electron chi connectivity index (χ0n) is 10.3.